The summed E-state index contributed by atoms with van der Waals surface area (Å²) in [6.45, 7) is 5.01. The largest absolute Gasteiger partial charge is 0.481 e. The lowest BCUT2D eigenvalue weighted by Crippen LogP contribution is -2.54. The Morgan fingerprint density at radius 3 is 2.53 bits per heavy atom. The summed E-state index contributed by atoms with van der Waals surface area (Å²) in [6, 6.07) is 0. The molecule has 2 saturated heterocycles. The van der Waals surface area contributed by atoms with Gasteiger partial charge in [-0.1, -0.05) is 0 Å². The van der Waals surface area contributed by atoms with Crippen molar-refractivity contribution in [2.24, 2.45) is 5.92 Å². The normalized spacial score (nSPS) is 29.5. The average Bonchev–Trinajstić information content (AvgIpc) is 2.77. The Labute approximate surface area is 113 Å². The summed E-state index contributed by atoms with van der Waals surface area (Å²) in [5, 5.41) is 8.94. The van der Waals surface area contributed by atoms with E-state index in [1.807, 2.05) is 13.8 Å². The molecule has 2 heterocycles. The van der Waals surface area contributed by atoms with Gasteiger partial charge >= 0.3 is 5.97 Å². The summed E-state index contributed by atoms with van der Waals surface area (Å²) < 4.78 is 33.0. The van der Waals surface area contributed by atoms with E-state index in [-0.39, 0.29) is 13.1 Å². The second-order valence-electron chi connectivity index (χ2n) is 5.63. The molecular formula is C11H20N2O5S. The van der Waals surface area contributed by atoms with Crippen molar-refractivity contribution in [3.63, 3.8) is 0 Å². The van der Waals surface area contributed by atoms with Gasteiger partial charge in [-0.25, -0.2) is 0 Å². The third-order valence-electron chi connectivity index (χ3n) is 3.54. The molecule has 0 saturated carbocycles. The Bertz CT molecular complexity index is 462. The SMILES string of the molecule is CC1(C)CN(S(=O)(=O)N2CCC(C(=O)O)C2)CCO1. The lowest BCUT2D eigenvalue weighted by Gasteiger charge is -2.38. The number of carboxylic acids is 1. The van der Waals surface area contributed by atoms with Gasteiger partial charge in [-0.2, -0.15) is 17.0 Å². The van der Waals surface area contributed by atoms with Crippen molar-refractivity contribution in [1.29, 1.82) is 0 Å². The summed E-state index contributed by atoms with van der Waals surface area (Å²) in [5.74, 6) is -1.52. The van der Waals surface area contributed by atoms with Crippen LogP contribution >= 0.6 is 0 Å². The highest BCUT2D eigenvalue weighted by Crippen LogP contribution is 2.25. The fourth-order valence-electron chi connectivity index (χ4n) is 2.47. The summed E-state index contributed by atoms with van der Waals surface area (Å²) in [6.07, 6.45) is 0.377. The van der Waals surface area contributed by atoms with Gasteiger partial charge in [0.1, 0.15) is 0 Å². The van der Waals surface area contributed by atoms with Gasteiger partial charge in [-0.05, 0) is 20.3 Å². The third kappa shape index (κ3) is 3.07. The second kappa shape index (κ2) is 5.01. The lowest BCUT2D eigenvalue weighted by atomic mass is 10.1. The zero-order valence-corrected chi connectivity index (χ0v) is 12.0. The van der Waals surface area contributed by atoms with Gasteiger partial charge in [-0.15, -0.1) is 0 Å². The van der Waals surface area contributed by atoms with E-state index in [9.17, 15) is 13.2 Å². The number of hydrogen-bond acceptors (Lipinski definition) is 4. The van der Waals surface area contributed by atoms with Gasteiger partial charge in [-0.3, -0.25) is 4.79 Å². The maximum atomic E-state index is 12.4. The van der Waals surface area contributed by atoms with Crippen molar-refractivity contribution in [2.75, 3.05) is 32.8 Å². The minimum atomic E-state index is -3.58. The molecular weight excluding hydrogens is 272 g/mol. The summed E-state index contributed by atoms with van der Waals surface area (Å²) in [5.41, 5.74) is -0.503. The first-order valence-electron chi connectivity index (χ1n) is 6.34. The molecule has 8 heteroatoms. The van der Waals surface area contributed by atoms with Crippen LogP contribution in [0.15, 0.2) is 0 Å². The Balaban J connectivity index is 2.09. The standard InChI is InChI=1S/C11H20N2O5S/c1-11(2)8-13(5-6-18-11)19(16,17)12-4-3-9(7-12)10(14)15/h9H,3-8H2,1-2H3,(H,14,15). The van der Waals surface area contributed by atoms with Crippen molar-refractivity contribution in [2.45, 2.75) is 25.9 Å². The topological polar surface area (TPSA) is 87.2 Å². The number of carboxylic acid groups (broad SMARTS) is 1. The molecule has 0 aromatic heterocycles. The number of aliphatic carboxylic acids is 1. The quantitative estimate of drug-likeness (QED) is 0.775. The molecule has 1 unspecified atom stereocenters. The Kier molecular flexibility index (Phi) is 3.87. The highest BCUT2D eigenvalue weighted by molar-refractivity contribution is 7.86. The van der Waals surface area contributed by atoms with E-state index in [1.165, 1.54) is 8.61 Å². The monoisotopic (exact) mass is 292 g/mol. The number of hydrogen-bond donors (Lipinski definition) is 1. The first-order chi connectivity index (χ1) is 8.72. The van der Waals surface area contributed by atoms with Crippen LogP contribution in [-0.4, -0.2) is 66.5 Å². The molecule has 2 fully saturated rings. The lowest BCUT2D eigenvalue weighted by molar-refractivity contribution is -0.141. The fraction of sp³-hybridized carbons (Fsp3) is 0.909. The molecule has 0 bridgehead atoms. The maximum Gasteiger partial charge on any atom is 0.307 e. The van der Waals surface area contributed by atoms with Gasteiger partial charge in [0.05, 0.1) is 18.1 Å². The summed E-state index contributed by atoms with van der Waals surface area (Å²) >= 11 is 0. The molecule has 1 atom stereocenters. The number of rotatable bonds is 3. The third-order valence-corrected chi connectivity index (χ3v) is 5.49. The number of carbonyl (C=O) groups is 1. The molecule has 0 aromatic rings. The predicted octanol–water partition coefficient (Wildman–Crippen LogP) is -0.251. The van der Waals surface area contributed by atoms with E-state index in [0.717, 1.165) is 0 Å². The molecule has 2 aliphatic rings. The van der Waals surface area contributed by atoms with Crippen LogP contribution in [0.2, 0.25) is 0 Å². The molecule has 0 aliphatic carbocycles. The van der Waals surface area contributed by atoms with Crippen LogP contribution in [0.1, 0.15) is 20.3 Å². The molecule has 7 nitrogen and oxygen atoms in total. The molecule has 0 radical (unpaired) electrons. The Hall–Kier alpha value is -0.700. The minimum Gasteiger partial charge on any atom is -0.481 e. The molecule has 0 amide bonds. The van der Waals surface area contributed by atoms with Crippen molar-refractivity contribution >= 4 is 16.2 Å². The van der Waals surface area contributed by atoms with E-state index in [4.69, 9.17) is 9.84 Å². The average molecular weight is 292 g/mol. The minimum absolute atomic E-state index is 0.0649. The van der Waals surface area contributed by atoms with Crippen LogP contribution in [0.3, 0.4) is 0 Å². The van der Waals surface area contributed by atoms with Gasteiger partial charge in [0.25, 0.3) is 10.2 Å². The summed E-state index contributed by atoms with van der Waals surface area (Å²) in [4.78, 5) is 10.9. The Morgan fingerprint density at radius 2 is 2.00 bits per heavy atom. The van der Waals surface area contributed by atoms with Gasteiger partial charge in [0.15, 0.2) is 0 Å². The molecule has 1 N–H and O–H groups in total. The maximum absolute atomic E-state index is 12.4. The highest BCUT2D eigenvalue weighted by atomic mass is 32.2. The Morgan fingerprint density at radius 1 is 1.32 bits per heavy atom. The second-order valence-corrected chi connectivity index (χ2v) is 7.56. The van der Waals surface area contributed by atoms with E-state index in [1.54, 1.807) is 0 Å². The van der Waals surface area contributed by atoms with Crippen molar-refractivity contribution in [3.05, 3.63) is 0 Å². The van der Waals surface area contributed by atoms with Crippen LogP contribution in [0, 0.1) is 5.92 Å². The van der Waals surface area contributed by atoms with Gasteiger partial charge < -0.3 is 9.84 Å². The fourth-order valence-corrected chi connectivity index (χ4v) is 4.28. The molecule has 110 valence electrons. The van der Waals surface area contributed by atoms with Crippen molar-refractivity contribution in [1.82, 2.24) is 8.61 Å². The van der Waals surface area contributed by atoms with Crippen LogP contribution in [-0.2, 0) is 19.7 Å². The number of ether oxygens (including phenoxy) is 1. The molecule has 2 rings (SSSR count). The van der Waals surface area contributed by atoms with E-state index in [0.29, 0.717) is 26.1 Å². The van der Waals surface area contributed by atoms with Crippen LogP contribution in [0.5, 0.6) is 0 Å². The van der Waals surface area contributed by atoms with E-state index >= 15 is 0 Å². The zero-order chi connectivity index (χ0) is 14.3. The van der Waals surface area contributed by atoms with Gasteiger partial charge in [0.2, 0.25) is 0 Å². The first-order valence-corrected chi connectivity index (χ1v) is 7.74. The van der Waals surface area contributed by atoms with Crippen LogP contribution in [0.4, 0.5) is 0 Å². The number of morpholine rings is 1. The van der Waals surface area contributed by atoms with E-state index < -0.39 is 27.7 Å². The van der Waals surface area contributed by atoms with Crippen molar-refractivity contribution < 1.29 is 23.1 Å². The zero-order valence-electron chi connectivity index (χ0n) is 11.2. The van der Waals surface area contributed by atoms with E-state index in [2.05, 4.69) is 0 Å². The van der Waals surface area contributed by atoms with Gasteiger partial charge in [0, 0.05) is 26.2 Å². The highest BCUT2D eigenvalue weighted by Gasteiger charge is 2.41. The molecule has 0 aromatic carbocycles. The molecule has 2 aliphatic heterocycles. The van der Waals surface area contributed by atoms with Crippen LogP contribution in [0.25, 0.3) is 0 Å². The molecule has 0 spiro atoms. The summed E-state index contributed by atoms with van der Waals surface area (Å²) in [7, 11) is -3.58. The predicted molar refractivity (Wildman–Crippen MR) is 67.8 cm³/mol. The smallest absolute Gasteiger partial charge is 0.307 e. The first kappa shape index (κ1) is 14.7. The van der Waals surface area contributed by atoms with Crippen molar-refractivity contribution in [3.8, 4) is 0 Å². The molecule has 19 heavy (non-hydrogen) atoms. The number of nitrogens with zero attached hydrogens (tertiary/aromatic N) is 2. The van der Waals surface area contributed by atoms with Crippen LogP contribution < -0.4 is 0 Å².